The van der Waals surface area contributed by atoms with Crippen LogP contribution in [0, 0.1) is 11.3 Å². The van der Waals surface area contributed by atoms with E-state index in [9.17, 15) is 5.26 Å². The third-order valence-corrected chi connectivity index (χ3v) is 2.68. The van der Waals surface area contributed by atoms with Crippen molar-refractivity contribution < 1.29 is 0 Å². The summed E-state index contributed by atoms with van der Waals surface area (Å²) < 4.78 is 1.70. The molecule has 0 radical (unpaired) electrons. The molecule has 0 fully saturated rings. The number of fused-ring (bicyclic) bond motifs is 1. The Kier molecular flexibility index (Phi) is 1.95. The predicted octanol–water partition coefficient (Wildman–Crippen LogP) is 1.84. The van der Waals surface area contributed by atoms with Crippen LogP contribution in [-0.2, 0) is 7.05 Å². The maximum absolute atomic E-state index is 9.25. The van der Waals surface area contributed by atoms with Crippen LogP contribution in [0.1, 0.15) is 5.56 Å². The quantitative estimate of drug-likeness (QED) is 0.684. The van der Waals surface area contributed by atoms with Crippen LogP contribution < -0.4 is 0 Å². The Labute approximate surface area is 97.3 Å². The number of aromatic nitrogens is 4. The highest BCUT2D eigenvalue weighted by molar-refractivity contribution is 5.90. The minimum atomic E-state index is 0.612. The third kappa shape index (κ3) is 1.39. The van der Waals surface area contributed by atoms with Crippen LogP contribution in [-0.4, -0.2) is 19.7 Å². The second kappa shape index (κ2) is 3.46. The first kappa shape index (κ1) is 9.60. The zero-order chi connectivity index (χ0) is 11.8. The molecule has 0 bridgehead atoms. The molecule has 0 aliphatic heterocycles. The van der Waals surface area contributed by atoms with Crippen molar-refractivity contribution in [2.24, 2.45) is 7.05 Å². The van der Waals surface area contributed by atoms with Crippen molar-refractivity contribution in [3.8, 4) is 17.3 Å². The summed E-state index contributed by atoms with van der Waals surface area (Å²) >= 11 is 0. The summed E-state index contributed by atoms with van der Waals surface area (Å²) in [5.41, 5.74) is 3.00. The monoisotopic (exact) mass is 223 g/mol. The standard InChI is InChI=1S/C12H9N5/c1-17-7-8(6-15-17)11-10(5-13)9-3-2-4-14-12(9)16-11/h2-4,6-7H,1H3,(H,14,16). The molecule has 1 N–H and O–H groups in total. The number of aryl methyl sites for hydroxylation is 1. The molecule has 3 aromatic heterocycles. The normalized spacial score (nSPS) is 10.6. The van der Waals surface area contributed by atoms with Crippen LogP contribution in [0.3, 0.4) is 0 Å². The molecule has 0 aromatic carbocycles. The highest BCUT2D eigenvalue weighted by Gasteiger charge is 2.14. The molecule has 0 aliphatic carbocycles. The number of nitrogens with one attached hydrogen (secondary N) is 1. The van der Waals surface area contributed by atoms with E-state index in [0.29, 0.717) is 5.56 Å². The smallest absolute Gasteiger partial charge is 0.139 e. The average Bonchev–Trinajstić information content (AvgIpc) is 2.91. The maximum Gasteiger partial charge on any atom is 0.139 e. The Morgan fingerprint density at radius 1 is 1.47 bits per heavy atom. The SMILES string of the molecule is Cn1cc(-c2[nH]c3ncccc3c2C#N)cn1. The van der Waals surface area contributed by atoms with Crippen molar-refractivity contribution in [1.82, 2.24) is 19.7 Å². The largest absolute Gasteiger partial charge is 0.338 e. The number of pyridine rings is 1. The first-order valence-electron chi connectivity index (χ1n) is 5.15. The van der Waals surface area contributed by atoms with Crippen molar-refractivity contribution >= 4 is 11.0 Å². The van der Waals surface area contributed by atoms with Gasteiger partial charge < -0.3 is 4.98 Å². The van der Waals surface area contributed by atoms with Crippen LogP contribution in [0.5, 0.6) is 0 Å². The van der Waals surface area contributed by atoms with Crippen molar-refractivity contribution in [1.29, 1.82) is 5.26 Å². The van der Waals surface area contributed by atoms with E-state index in [4.69, 9.17) is 0 Å². The number of nitrogens with zero attached hydrogens (tertiary/aromatic N) is 4. The minimum absolute atomic E-state index is 0.612. The van der Waals surface area contributed by atoms with E-state index in [-0.39, 0.29) is 0 Å². The van der Waals surface area contributed by atoms with Crippen LogP contribution in [0.15, 0.2) is 30.7 Å². The van der Waals surface area contributed by atoms with Crippen LogP contribution in [0.25, 0.3) is 22.3 Å². The van der Waals surface area contributed by atoms with Gasteiger partial charge in [0.1, 0.15) is 11.7 Å². The Morgan fingerprint density at radius 2 is 2.35 bits per heavy atom. The Morgan fingerprint density at radius 3 is 3.06 bits per heavy atom. The molecule has 0 atom stereocenters. The van der Waals surface area contributed by atoms with Gasteiger partial charge in [0.15, 0.2) is 0 Å². The number of H-pyrrole nitrogens is 1. The van der Waals surface area contributed by atoms with Gasteiger partial charge in [-0.1, -0.05) is 0 Å². The van der Waals surface area contributed by atoms with Crippen LogP contribution >= 0.6 is 0 Å². The molecular weight excluding hydrogens is 214 g/mol. The summed E-state index contributed by atoms with van der Waals surface area (Å²) in [6, 6.07) is 5.93. The molecule has 82 valence electrons. The summed E-state index contributed by atoms with van der Waals surface area (Å²) in [6.07, 6.45) is 5.30. The van der Waals surface area contributed by atoms with E-state index < -0.39 is 0 Å². The van der Waals surface area contributed by atoms with Crippen molar-refractivity contribution in [2.75, 3.05) is 0 Å². The molecular formula is C12H9N5. The molecule has 0 saturated heterocycles. The molecule has 0 unspecified atom stereocenters. The van der Waals surface area contributed by atoms with E-state index in [1.165, 1.54) is 0 Å². The summed E-state index contributed by atoms with van der Waals surface area (Å²) in [4.78, 5) is 7.37. The highest BCUT2D eigenvalue weighted by atomic mass is 15.2. The zero-order valence-corrected chi connectivity index (χ0v) is 9.18. The molecule has 0 saturated carbocycles. The minimum Gasteiger partial charge on any atom is -0.338 e. The first-order valence-corrected chi connectivity index (χ1v) is 5.15. The fourth-order valence-electron chi connectivity index (χ4n) is 1.91. The molecule has 17 heavy (non-hydrogen) atoms. The highest BCUT2D eigenvalue weighted by Crippen LogP contribution is 2.27. The number of aromatic amines is 1. The van der Waals surface area contributed by atoms with Crippen molar-refractivity contribution in [3.05, 3.63) is 36.3 Å². The third-order valence-electron chi connectivity index (χ3n) is 2.68. The molecule has 0 spiro atoms. The van der Waals surface area contributed by atoms with Gasteiger partial charge in [0.05, 0.1) is 17.5 Å². The Balaban J connectivity index is 2.34. The summed E-state index contributed by atoms with van der Waals surface area (Å²) in [5.74, 6) is 0. The Hall–Kier alpha value is -2.61. The van der Waals surface area contributed by atoms with Gasteiger partial charge in [-0.2, -0.15) is 10.4 Å². The second-order valence-corrected chi connectivity index (χ2v) is 3.79. The molecule has 5 nitrogen and oxygen atoms in total. The van der Waals surface area contributed by atoms with Gasteiger partial charge in [-0.3, -0.25) is 4.68 Å². The number of hydrogen-bond acceptors (Lipinski definition) is 3. The van der Waals surface area contributed by atoms with E-state index in [2.05, 4.69) is 21.1 Å². The van der Waals surface area contributed by atoms with Gasteiger partial charge in [-0.25, -0.2) is 4.98 Å². The van der Waals surface area contributed by atoms with E-state index in [1.54, 1.807) is 17.1 Å². The number of nitriles is 1. The fraction of sp³-hybridized carbons (Fsp3) is 0.0833. The van der Waals surface area contributed by atoms with Crippen LogP contribution in [0.2, 0.25) is 0 Å². The molecule has 0 amide bonds. The second-order valence-electron chi connectivity index (χ2n) is 3.79. The number of rotatable bonds is 1. The summed E-state index contributed by atoms with van der Waals surface area (Å²) in [5, 5.41) is 14.2. The topological polar surface area (TPSA) is 70.3 Å². The molecule has 3 heterocycles. The zero-order valence-electron chi connectivity index (χ0n) is 9.18. The number of hydrogen-bond donors (Lipinski definition) is 1. The van der Waals surface area contributed by atoms with Crippen LogP contribution in [0.4, 0.5) is 0 Å². The van der Waals surface area contributed by atoms with Crippen molar-refractivity contribution in [3.63, 3.8) is 0 Å². The van der Waals surface area contributed by atoms with Gasteiger partial charge in [0.2, 0.25) is 0 Å². The molecule has 3 aromatic rings. The first-order chi connectivity index (χ1) is 8.29. The van der Waals surface area contributed by atoms with E-state index >= 15 is 0 Å². The Bertz CT molecular complexity index is 729. The van der Waals surface area contributed by atoms with Gasteiger partial charge in [-0.15, -0.1) is 0 Å². The lowest BCUT2D eigenvalue weighted by Gasteiger charge is -1.91. The maximum atomic E-state index is 9.25. The van der Waals surface area contributed by atoms with Gasteiger partial charge in [-0.05, 0) is 12.1 Å². The lowest BCUT2D eigenvalue weighted by Crippen LogP contribution is -1.84. The molecule has 0 aliphatic rings. The van der Waals surface area contributed by atoms with Crippen molar-refractivity contribution in [2.45, 2.75) is 0 Å². The summed E-state index contributed by atoms with van der Waals surface area (Å²) in [7, 11) is 1.84. The lowest BCUT2D eigenvalue weighted by molar-refractivity contribution is 0.768. The predicted molar refractivity (Wildman–Crippen MR) is 63.0 cm³/mol. The van der Waals surface area contributed by atoms with Gasteiger partial charge >= 0.3 is 0 Å². The van der Waals surface area contributed by atoms with E-state index in [1.807, 2.05) is 25.4 Å². The van der Waals surface area contributed by atoms with E-state index in [0.717, 1.165) is 22.3 Å². The molecule has 3 rings (SSSR count). The average molecular weight is 223 g/mol. The fourth-order valence-corrected chi connectivity index (χ4v) is 1.91. The van der Waals surface area contributed by atoms with Gasteiger partial charge in [0.25, 0.3) is 0 Å². The molecule has 5 heteroatoms. The lowest BCUT2D eigenvalue weighted by atomic mass is 10.1. The van der Waals surface area contributed by atoms with Gasteiger partial charge in [0, 0.05) is 30.4 Å². The summed E-state index contributed by atoms with van der Waals surface area (Å²) in [6.45, 7) is 0.